The van der Waals surface area contributed by atoms with Crippen LogP contribution in [0.4, 0.5) is 0 Å². The van der Waals surface area contributed by atoms with E-state index in [0.29, 0.717) is 0 Å². The molecule has 0 aliphatic heterocycles. The molecule has 0 bridgehead atoms. The highest BCUT2D eigenvalue weighted by Gasteiger charge is 2.01. The van der Waals surface area contributed by atoms with Crippen molar-refractivity contribution in [1.29, 1.82) is 0 Å². The number of rotatable bonds is 0. The second-order valence-electron chi connectivity index (χ2n) is 4.39. The summed E-state index contributed by atoms with van der Waals surface area (Å²) in [6.45, 7) is 0. The Kier molecular flexibility index (Phi) is 1.83. The lowest BCUT2D eigenvalue weighted by Crippen LogP contribution is -1.87. The molecule has 0 spiro atoms. The van der Waals surface area contributed by atoms with Crippen LogP contribution < -0.4 is 0 Å². The first-order valence-corrected chi connectivity index (χ1v) is 5.81. The largest absolute Gasteiger partial charge is 0.138 e. The summed E-state index contributed by atoms with van der Waals surface area (Å²) in [4.78, 5) is 0. The molecule has 0 unspecified atom stereocenters. The van der Waals surface area contributed by atoms with Gasteiger partial charge in [-0.15, -0.1) is 10.2 Å². The van der Waals surface area contributed by atoms with Crippen LogP contribution in [0.5, 0.6) is 0 Å². The first kappa shape index (κ1) is 9.48. The second kappa shape index (κ2) is 3.47. The van der Waals surface area contributed by atoms with Crippen LogP contribution in [0.2, 0.25) is 0 Å². The fourth-order valence-corrected chi connectivity index (χ4v) is 2.35. The van der Waals surface area contributed by atoms with E-state index in [1.165, 1.54) is 21.5 Å². The Balaban J connectivity index is 2.20. The number of nitrogens with zero attached hydrogens (tertiary/aromatic N) is 3. The normalized spacial score (nSPS) is 11.3. The van der Waals surface area contributed by atoms with E-state index in [4.69, 9.17) is 0 Å². The molecule has 0 fully saturated rings. The van der Waals surface area contributed by atoms with Crippen molar-refractivity contribution >= 4 is 32.4 Å². The van der Waals surface area contributed by atoms with Crippen LogP contribution in [-0.2, 0) is 0 Å². The van der Waals surface area contributed by atoms with Gasteiger partial charge in [-0.1, -0.05) is 24.3 Å². The number of benzene rings is 3. The summed E-state index contributed by atoms with van der Waals surface area (Å²) in [6.07, 6.45) is 1.75. The molecule has 84 valence electrons. The van der Waals surface area contributed by atoms with Crippen molar-refractivity contribution in [2.24, 2.45) is 0 Å². The minimum atomic E-state index is 0.882. The van der Waals surface area contributed by atoms with Gasteiger partial charge in [-0.2, -0.15) is 0 Å². The van der Waals surface area contributed by atoms with Crippen LogP contribution in [0.1, 0.15) is 0 Å². The van der Waals surface area contributed by atoms with Crippen molar-refractivity contribution in [3.63, 3.8) is 0 Å². The molecule has 0 saturated carbocycles. The van der Waals surface area contributed by atoms with Crippen LogP contribution in [0, 0.1) is 0 Å². The third-order valence-corrected chi connectivity index (χ3v) is 3.25. The van der Waals surface area contributed by atoms with Gasteiger partial charge < -0.3 is 0 Å². The van der Waals surface area contributed by atoms with Gasteiger partial charge in [0.25, 0.3) is 0 Å². The summed E-state index contributed by atoms with van der Waals surface area (Å²) < 4.78 is 0. The predicted octanol–water partition coefficient (Wildman–Crippen LogP) is 3.33. The van der Waals surface area contributed by atoms with E-state index in [1.54, 1.807) is 6.20 Å². The lowest BCUT2D eigenvalue weighted by molar-refractivity contribution is 0.896. The maximum absolute atomic E-state index is 4.05. The highest BCUT2D eigenvalue weighted by Crippen LogP contribution is 2.25. The lowest BCUT2D eigenvalue weighted by atomic mass is 10.0. The molecule has 0 radical (unpaired) electrons. The Morgan fingerprint density at radius 1 is 0.667 bits per heavy atom. The minimum absolute atomic E-state index is 0.882. The summed E-state index contributed by atoms with van der Waals surface area (Å²) in [7, 11) is 0. The van der Waals surface area contributed by atoms with E-state index < -0.39 is 0 Å². The van der Waals surface area contributed by atoms with E-state index >= 15 is 0 Å². The summed E-state index contributed by atoms with van der Waals surface area (Å²) in [5.41, 5.74) is 0.882. The van der Waals surface area contributed by atoms with Gasteiger partial charge in [0.05, 0.1) is 11.7 Å². The number of aromatic nitrogens is 3. The molecule has 4 aromatic rings. The predicted molar refractivity (Wildman–Crippen MR) is 72.3 cm³/mol. The minimum Gasteiger partial charge on any atom is -0.138 e. The van der Waals surface area contributed by atoms with Crippen molar-refractivity contribution < 1.29 is 0 Å². The monoisotopic (exact) mass is 231 g/mol. The van der Waals surface area contributed by atoms with E-state index in [9.17, 15) is 0 Å². The number of hydrogen-bond acceptors (Lipinski definition) is 3. The van der Waals surface area contributed by atoms with Crippen LogP contribution in [0.25, 0.3) is 32.4 Å². The molecule has 3 aromatic carbocycles. The molecule has 0 amide bonds. The molecule has 0 aliphatic carbocycles. The van der Waals surface area contributed by atoms with Crippen LogP contribution in [0.3, 0.4) is 0 Å². The molecule has 1 heterocycles. The molecule has 1 aromatic heterocycles. The molecular formula is C15H9N3. The standard InChI is InChI=1S/C15H9N3/c1-2-4-11-6-13-8-15-14(9-16-18-17-15)7-12(13)5-10(11)3-1/h1-9H. The SMILES string of the molecule is c1ccc2cc3cc4nnncc4cc3cc2c1. The lowest BCUT2D eigenvalue weighted by Gasteiger charge is -2.03. The average Bonchev–Trinajstić information content (AvgIpc) is 2.42. The molecule has 0 aliphatic rings. The highest BCUT2D eigenvalue weighted by atomic mass is 15.3. The summed E-state index contributed by atoms with van der Waals surface area (Å²) in [6, 6.07) is 16.9. The molecule has 0 N–H and O–H groups in total. The maximum Gasteiger partial charge on any atom is 0.0969 e. The first-order valence-electron chi connectivity index (χ1n) is 5.81. The third-order valence-electron chi connectivity index (χ3n) is 3.25. The first-order chi connectivity index (χ1) is 8.90. The maximum atomic E-state index is 4.05. The summed E-state index contributed by atoms with van der Waals surface area (Å²) in [5, 5.41) is 17.5. The van der Waals surface area contributed by atoms with Gasteiger partial charge in [0.1, 0.15) is 0 Å². The molecule has 4 rings (SSSR count). The second-order valence-corrected chi connectivity index (χ2v) is 4.39. The fourth-order valence-electron chi connectivity index (χ4n) is 2.35. The number of fused-ring (bicyclic) bond motifs is 3. The van der Waals surface area contributed by atoms with Gasteiger partial charge in [-0.25, -0.2) is 0 Å². The zero-order valence-electron chi connectivity index (χ0n) is 9.54. The topological polar surface area (TPSA) is 38.7 Å². The Bertz CT molecular complexity index is 740. The summed E-state index contributed by atoms with van der Waals surface area (Å²) in [5.74, 6) is 0. The quantitative estimate of drug-likeness (QED) is 0.436. The van der Waals surface area contributed by atoms with Gasteiger partial charge in [0, 0.05) is 5.39 Å². The molecule has 0 saturated heterocycles. The average molecular weight is 231 g/mol. The smallest absolute Gasteiger partial charge is 0.0969 e. The van der Waals surface area contributed by atoms with Gasteiger partial charge in [0.15, 0.2) is 0 Å². The fraction of sp³-hybridized carbons (Fsp3) is 0. The molecule has 3 heteroatoms. The van der Waals surface area contributed by atoms with E-state index in [-0.39, 0.29) is 0 Å². The zero-order valence-corrected chi connectivity index (χ0v) is 9.54. The molecule has 0 atom stereocenters. The zero-order chi connectivity index (χ0) is 11.9. The number of hydrogen-bond donors (Lipinski definition) is 0. The van der Waals surface area contributed by atoms with Crippen molar-refractivity contribution in [2.45, 2.75) is 0 Å². The molecular weight excluding hydrogens is 222 g/mol. The summed E-state index contributed by atoms with van der Waals surface area (Å²) >= 11 is 0. The van der Waals surface area contributed by atoms with E-state index in [0.717, 1.165) is 10.9 Å². The van der Waals surface area contributed by atoms with Crippen LogP contribution >= 0.6 is 0 Å². The van der Waals surface area contributed by atoms with Crippen molar-refractivity contribution in [3.8, 4) is 0 Å². The van der Waals surface area contributed by atoms with Gasteiger partial charge >= 0.3 is 0 Å². The highest BCUT2D eigenvalue weighted by molar-refractivity contribution is 6.03. The molecule has 3 nitrogen and oxygen atoms in total. The van der Waals surface area contributed by atoms with Gasteiger partial charge in [-0.3, -0.25) is 0 Å². The van der Waals surface area contributed by atoms with E-state index in [2.05, 4.69) is 63.9 Å². The van der Waals surface area contributed by atoms with Gasteiger partial charge in [-0.05, 0) is 51.0 Å². The van der Waals surface area contributed by atoms with Gasteiger partial charge in [0.2, 0.25) is 0 Å². The Hall–Kier alpha value is -2.55. The van der Waals surface area contributed by atoms with Crippen molar-refractivity contribution in [2.75, 3.05) is 0 Å². The van der Waals surface area contributed by atoms with Crippen LogP contribution in [0.15, 0.2) is 54.7 Å². The Morgan fingerprint density at radius 3 is 2.11 bits per heavy atom. The molecule has 18 heavy (non-hydrogen) atoms. The van der Waals surface area contributed by atoms with Crippen molar-refractivity contribution in [1.82, 2.24) is 15.4 Å². The van der Waals surface area contributed by atoms with E-state index in [1.807, 2.05) is 0 Å². The Labute approximate surface area is 103 Å². The Morgan fingerprint density at radius 2 is 1.33 bits per heavy atom. The van der Waals surface area contributed by atoms with Crippen molar-refractivity contribution in [3.05, 3.63) is 54.7 Å². The third kappa shape index (κ3) is 1.34. The van der Waals surface area contributed by atoms with Crippen LogP contribution in [-0.4, -0.2) is 15.4 Å².